The Hall–Kier alpha value is -2.06. The highest BCUT2D eigenvalue weighted by atomic mass is 16.5. The fraction of sp³-hybridized carbons (Fsp3) is 0.500. The van der Waals surface area contributed by atoms with E-state index < -0.39 is 0 Å². The van der Waals surface area contributed by atoms with Crippen LogP contribution in [0.3, 0.4) is 0 Å². The molecule has 0 aliphatic carbocycles. The number of aromatic nitrogens is 2. The van der Waals surface area contributed by atoms with E-state index in [-0.39, 0.29) is 0 Å². The summed E-state index contributed by atoms with van der Waals surface area (Å²) in [5.41, 5.74) is 2.61. The van der Waals surface area contributed by atoms with Crippen LogP contribution in [-0.2, 0) is 4.74 Å². The van der Waals surface area contributed by atoms with Crippen LogP contribution in [0, 0.1) is 18.3 Å². The van der Waals surface area contributed by atoms with Gasteiger partial charge < -0.3 is 10.1 Å². The van der Waals surface area contributed by atoms with Crippen molar-refractivity contribution in [1.82, 2.24) is 9.38 Å². The van der Waals surface area contributed by atoms with E-state index in [4.69, 9.17) is 4.74 Å². The number of nitrogens with zero attached hydrogens (tertiary/aromatic N) is 3. The smallest absolute Gasteiger partial charge is 0.116 e. The van der Waals surface area contributed by atoms with E-state index in [1.807, 2.05) is 31.2 Å². The zero-order valence-electron chi connectivity index (χ0n) is 12.9. The molecule has 0 atom stereocenters. The van der Waals surface area contributed by atoms with E-state index in [0.29, 0.717) is 11.6 Å². The van der Waals surface area contributed by atoms with Gasteiger partial charge >= 0.3 is 0 Å². The number of nitrogens with one attached hydrogen (secondary N) is 1. The Kier molecular flexibility index (Phi) is 5.18. The zero-order valence-corrected chi connectivity index (χ0v) is 12.9. The molecule has 0 unspecified atom stereocenters. The molecular formula is C16H22N4O. The van der Waals surface area contributed by atoms with E-state index >= 15 is 0 Å². The van der Waals surface area contributed by atoms with Crippen LogP contribution in [0.15, 0.2) is 18.6 Å². The molecule has 0 saturated carbocycles. The second kappa shape index (κ2) is 7.09. The molecule has 112 valence electrons. The number of fused-ring (bicyclic) bond motifs is 1. The number of hydrogen-bond acceptors (Lipinski definition) is 4. The highest BCUT2D eigenvalue weighted by Crippen LogP contribution is 2.24. The Morgan fingerprint density at radius 2 is 2.10 bits per heavy atom. The molecular weight excluding hydrogens is 264 g/mol. The molecule has 3 rings (SSSR count). The van der Waals surface area contributed by atoms with Gasteiger partial charge in [0.05, 0.1) is 23.3 Å². The van der Waals surface area contributed by atoms with Crippen molar-refractivity contribution in [2.75, 3.05) is 18.5 Å². The molecule has 0 amide bonds. The van der Waals surface area contributed by atoms with Crippen molar-refractivity contribution in [2.24, 2.45) is 0 Å². The van der Waals surface area contributed by atoms with Gasteiger partial charge in [-0.15, -0.1) is 0 Å². The molecule has 2 aromatic rings. The van der Waals surface area contributed by atoms with Gasteiger partial charge in [-0.05, 0) is 25.8 Å². The zero-order chi connectivity index (χ0) is 15.2. The summed E-state index contributed by atoms with van der Waals surface area (Å²) in [5, 5.41) is 12.8. The van der Waals surface area contributed by atoms with Crippen LogP contribution in [0.5, 0.6) is 0 Å². The third kappa shape index (κ3) is 3.17. The molecule has 0 radical (unpaired) electrons. The van der Waals surface area contributed by atoms with E-state index in [9.17, 15) is 5.26 Å². The van der Waals surface area contributed by atoms with Gasteiger partial charge in [-0.1, -0.05) is 13.8 Å². The number of nitriles is 1. The van der Waals surface area contributed by atoms with E-state index in [0.717, 1.165) is 43.0 Å². The summed E-state index contributed by atoms with van der Waals surface area (Å²) >= 11 is 0. The number of rotatable bonds is 2. The fourth-order valence-electron chi connectivity index (χ4n) is 2.49. The maximum absolute atomic E-state index is 9.22. The molecule has 1 fully saturated rings. The number of hydrogen-bond donors (Lipinski definition) is 1. The summed E-state index contributed by atoms with van der Waals surface area (Å²) in [5.74, 6) is 0.971. The Morgan fingerprint density at radius 1 is 1.38 bits per heavy atom. The molecule has 1 N–H and O–H groups in total. The summed E-state index contributed by atoms with van der Waals surface area (Å²) < 4.78 is 7.38. The Labute approximate surface area is 125 Å². The maximum atomic E-state index is 9.22. The Bertz CT molecular complexity index is 635. The van der Waals surface area contributed by atoms with E-state index in [1.165, 1.54) is 0 Å². The molecule has 2 aromatic heterocycles. The number of pyridine rings is 1. The molecule has 21 heavy (non-hydrogen) atoms. The second-order valence-electron chi connectivity index (χ2n) is 4.86. The first-order chi connectivity index (χ1) is 10.3. The third-order valence-corrected chi connectivity index (χ3v) is 3.64. The Balaban J connectivity index is 0.000000774. The Morgan fingerprint density at radius 3 is 2.76 bits per heavy atom. The van der Waals surface area contributed by atoms with Gasteiger partial charge in [0.2, 0.25) is 0 Å². The summed E-state index contributed by atoms with van der Waals surface area (Å²) in [4.78, 5) is 4.16. The van der Waals surface area contributed by atoms with Crippen molar-refractivity contribution in [3.63, 3.8) is 0 Å². The highest BCUT2D eigenvalue weighted by molar-refractivity contribution is 5.64. The summed E-state index contributed by atoms with van der Waals surface area (Å²) in [6.45, 7) is 7.56. The van der Waals surface area contributed by atoms with Crippen LogP contribution in [0.4, 0.5) is 5.82 Å². The quantitative estimate of drug-likeness (QED) is 0.921. The normalized spacial score (nSPS) is 15.1. The predicted molar refractivity (Wildman–Crippen MR) is 83.5 cm³/mol. The molecule has 5 nitrogen and oxygen atoms in total. The van der Waals surface area contributed by atoms with Gasteiger partial charge in [0.1, 0.15) is 12.1 Å². The summed E-state index contributed by atoms with van der Waals surface area (Å²) in [6, 6.07) is 4.52. The average Bonchev–Trinajstić information content (AvgIpc) is 3.01. The van der Waals surface area contributed by atoms with Crippen molar-refractivity contribution in [3.8, 4) is 6.07 Å². The van der Waals surface area contributed by atoms with Crippen LogP contribution < -0.4 is 5.32 Å². The number of ether oxygens (including phenoxy) is 1. The fourth-order valence-corrected chi connectivity index (χ4v) is 2.49. The van der Waals surface area contributed by atoms with Crippen molar-refractivity contribution >= 4 is 11.3 Å². The van der Waals surface area contributed by atoms with E-state index in [2.05, 4.69) is 16.4 Å². The van der Waals surface area contributed by atoms with Gasteiger partial charge in [0.15, 0.2) is 0 Å². The molecule has 0 spiro atoms. The molecule has 1 aliphatic heterocycles. The van der Waals surface area contributed by atoms with Crippen LogP contribution in [0.2, 0.25) is 0 Å². The lowest BCUT2D eigenvalue weighted by Gasteiger charge is -2.25. The summed E-state index contributed by atoms with van der Waals surface area (Å²) in [6.07, 6.45) is 5.54. The number of imidazole rings is 1. The molecule has 1 aliphatic rings. The van der Waals surface area contributed by atoms with Crippen molar-refractivity contribution in [3.05, 3.63) is 29.7 Å². The molecule has 3 heterocycles. The SMILES string of the molecule is CC.Cc1c(C#N)cc2cncn2c1NC1CCOCC1. The first-order valence-electron chi connectivity index (χ1n) is 7.49. The van der Waals surface area contributed by atoms with E-state index in [1.54, 1.807) is 12.5 Å². The van der Waals surface area contributed by atoms with Gasteiger partial charge in [-0.25, -0.2) is 4.98 Å². The van der Waals surface area contributed by atoms with Gasteiger partial charge in [0.25, 0.3) is 0 Å². The standard InChI is InChI=1S/C14H16N4O.C2H6/c1-10-11(7-15)6-13-8-16-9-18(13)14(10)17-12-2-4-19-5-3-12;1-2/h6,8-9,12,17H,2-5H2,1H3;1-2H3. The highest BCUT2D eigenvalue weighted by Gasteiger charge is 2.17. The lowest BCUT2D eigenvalue weighted by molar-refractivity contribution is 0.0903. The summed E-state index contributed by atoms with van der Waals surface area (Å²) in [7, 11) is 0. The van der Waals surface area contributed by atoms with Gasteiger partial charge in [-0.3, -0.25) is 4.40 Å². The monoisotopic (exact) mass is 286 g/mol. The first kappa shape index (κ1) is 15.3. The predicted octanol–water partition coefficient (Wildman–Crippen LogP) is 3.13. The van der Waals surface area contributed by atoms with Crippen LogP contribution in [0.25, 0.3) is 5.52 Å². The van der Waals surface area contributed by atoms with Gasteiger partial charge in [-0.2, -0.15) is 5.26 Å². The van der Waals surface area contributed by atoms with Crippen LogP contribution in [0.1, 0.15) is 37.8 Å². The minimum absolute atomic E-state index is 0.395. The lowest BCUT2D eigenvalue weighted by Crippen LogP contribution is -2.29. The molecule has 0 bridgehead atoms. The lowest BCUT2D eigenvalue weighted by atomic mass is 10.1. The van der Waals surface area contributed by atoms with Gasteiger partial charge in [0, 0.05) is 24.8 Å². The number of anilines is 1. The minimum atomic E-state index is 0.395. The molecule has 5 heteroatoms. The maximum Gasteiger partial charge on any atom is 0.116 e. The van der Waals surface area contributed by atoms with Crippen molar-refractivity contribution in [2.45, 2.75) is 39.7 Å². The van der Waals surface area contributed by atoms with Crippen molar-refractivity contribution < 1.29 is 4.74 Å². The van der Waals surface area contributed by atoms with Crippen LogP contribution >= 0.6 is 0 Å². The third-order valence-electron chi connectivity index (χ3n) is 3.64. The topological polar surface area (TPSA) is 62.4 Å². The van der Waals surface area contributed by atoms with Crippen LogP contribution in [-0.4, -0.2) is 28.6 Å². The molecule has 1 saturated heterocycles. The minimum Gasteiger partial charge on any atom is -0.381 e. The van der Waals surface area contributed by atoms with Crippen molar-refractivity contribution in [1.29, 1.82) is 5.26 Å². The largest absolute Gasteiger partial charge is 0.381 e. The second-order valence-corrected chi connectivity index (χ2v) is 4.86. The average molecular weight is 286 g/mol. The first-order valence-corrected chi connectivity index (χ1v) is 7.49. The molecule has 0 aromatic carbocycles.